The van der Waals surface area contributed by atoms with Crippen molar-refractivity contribution >= 4 is 28.5 Å². The molecular formula is C22H23FN4O2. The normalized spacial score (nSPS) is 16.6. The summed E-state index contributed by atoms with van der Waals surface area (Å²) in [4.78, 5) is 30.9. The summed E-state index contributed by atoms with van der Waals surface area (Å²) in [6, 6.07) is 12.6. The fourth-order valence-electron chi connectivity index (χ4n) is 3.80. The molecule has 0 bridgehead atoms. The lowest BCUT2D eigenvalue weighted by Crippen LogP contribution is -2.34. The predicted octanol–water partition coefficient (Wildman–Crippen LogP) is 2.96. The molecule has 1 saturated heterocycles. The van der Waals surface area contributed by atoms with E-state index in [4.69, 9.17) is 0 Å². The number of nitrogens with zero attached hydrogens (tertiary/aromatic N) is 3. The Kier molecular flexibility index (Phi) is 5.05. The molecule has 6 nitrogen and oxygen atoms in total. The number of nitrogens with one attached hydrogen (secondary N) is 1. The Balaban J connectivity index is 1.37. The second-order valence-electron chi connectivity index (χ2n) is 7.43. The monoisotopic (exact) mass is 394 g/mol. The first kappa shape index (κ1) is 19.1. The maximum Gasteiger partial charge on any atom is 0.227 e. The number of carbonyl (C=O) groups is 2. The van der Waals surface area contributed by atoms with E-state index in [-0.39, 0.29) is 30.6 Å². The lowest BCUT2D eigenvalue weighted by molar-refractivity contribution is -0.126. The van der Waals surface area contributed by atoms with E-state index in [2.05, 4.69) is 14.9 Å². The highest BCUT2D eigenvalue weighted by Gasteiger charge is 2.35. The molecule has 0 spiro atoms. The molecule has 1 aromatic heterocycles. The smallest absolute Gasteiger partial charge is 0.227 e. The molecule has 0 unspecified atom stereocenters. The van der Waals surface area contributed by atoms with Crippen LogP contribution < -0.4 is 10.2 Å². The van der Waals surface area contributed by atoms with Gasteiger partial charge < -0.3 is 14.8 Å². The molecule has 1 aliphatic heterocycles. The van der Waals surface area contributed by atoms with Crippen molar-refractivity contribution in [3.8, 4) is 0 Å². The zero-order valence-corrected chi connectivity index (χ0v) is 16.5. The van der Waals surface area contributed by atoms with E-state index in [9.17, 15) is 14.0 Å². The largest absolute Gasteiger partial charge is 0.354 e. The van der Waals surface area contributed by atoms with Crippen molar-refractivity contribution in [2.75, 3.05) is 18.0 Å². The first-order chi connectivity index (χ1) is 13.9. The van der Waals surface area contributed by atoms with Gasteiger partial charge in [-0.25, -0.2) is 9.37 Å². The van der Waals surface area contributed by atoms with Crippen molar-refractivity contribution in [3.63, 3.8) is 0 Å². The molecule has 2 amide bonds. The van der Waals surface area contributed by atoms with E-state index in [1.54, 1.807) is 19.1 Å². The summed E-state index contributed by atoms with van der Waals surface area (Å²) in [5.41, 5.74) is 2.98. The minimum atomic E-state index is -0.438. The van der Waals surface area contributed by atoms with E-state index in [0.29, 0.717) is 24.3 Å². The molecule has 29 heavy (non-hydrogen) atoms. The highest BCUT2D eigenvalue weighted by molar-refractivity contribution is 6.00. The van der Waals surface area contributed by atoms with Gasteiger partial charge in [0.1, 0.15) is 11.6 Å². The molecule has 2 aromatic carbocycles. The van der Waals surface area contributed by atoms with Gasteiger partial charge in [0.25, 0.3) is 0 Å². The summed E-state index contributed by atoms with van der Waals surface area (Å²) in [5, 5.41) is 2.93. The second-order valence-corrected chi connectivity index (χ2v) is 7.43. The number of rotatable bonds is 5. The Bertz CT molecular complexity index is 1090. The van der Waals surface area contributed by atoms with Crippen molar-refractivity contribution in [1.29, 1.82) is 0 Å². The molecule has 1 N–H and O–H groups in total. The number of imidazole rings is 1. The highest BCUT2D eigenvalue weighted by atomic mass is 19.1. The van der Waals surface area contributed by atoms with Gasteiger partial charge in [0.2, 0.25) is 11.8 Å². The SMILES string of the molecule is Cc1ccc(N2C[C@@H](C(=O)NCCn3c(C)nc4ccccc43)CC2=O)cc1F. The third-order valence-corrected chi connectivity index (χ3v) is 5.44. The summed E-state index contributed by atoms with van der Waals surface area (Å²) in [7, 11) is 0. The third-order valence-electron chi connectivity index (χ3n) is 5.44. The Morgan fingerprint density at radius 2 is 2.03 bits per heavy atom. The van der Waals surface area contributed by atoms with Gasteiger partial charge in [-0.3, -0.25) is 9.59 Å². The number of hydrogen-bond acceptors (Lipinski definition) is 3. The van der Waals surface area contributed by atoms with Crippen LogP contribution in [0.5, 0.6) is 0 Å². The van der Waals surface area contributed by atoms with Crippen LogP contribution in [0.1, 0.15) is 17.8 Å². The van der Waals surface area contributed by atoms with Gasteiger partial charge in [0, 0.05) is 31.7 Å². The van der Waals surface area contributed by atoms with E-state index in [0.717, 1.165) is 16.9 Å². The van der Waals surface area contributed by atoms with Crippen molar-refractivity contribution in [1.82, 2.24) is 14.9 Å². The van der Waals surface area contributed by atoms with Crippen molar-refractivity contribution in [2.45, 2.75) is 26.8 Å². The second kappa shape index (κ2) is 7.66. The number of amides is 2. The van der Waals surface area contributed by atoms with Gasteiger partial charge in [-0.1, -0.05) is 18.2 Å². The van der Waals surface area contributed by atoms with Gasteiger partial charge in [-0.15, -0.1) is 0 Å². The van der Waals surface area contributed by atoms with E-state index < -0.39 is 5.92 Å². The summed E-state index contributed by atoms with van der Waals surface area (Å²) in [6.45, 7) is 4.93. The topological polar surface area (TPSA) is 67.2 Å². The lowest BCUT2D eigenvalue weighted by atomic mass is 10.1. The first-order valence-corrected chi connectivity index (χ1v) is 9.70. The molecule has 7 heteroatoms. The summed E-state index contributed by atoms with van der Waals surface area (Å²) < 4.78 is 15.9. The van der Waals surface area contributed by atoms with Crippen LogP contribution in [0, 0.1) is 25.6 Å². The summed E-state index contributed by atoms with van der Waals surface area (Å²) >= 11 is 0. The Labute approximate surface area is 168 Å². The van der Waals surface area contributed by atoms with Crippen molar-refractivity contribution in [2.24, 2.45) is 5.92 Å². The zero-order valence-electron chi connectivity index (χ0n) is 16.5. The van der Waals surface area contributed by atoms with Gasteiger partial charge in [-0.2, -0.15) is 0 Å². The Morgan fingerprint density at radius 1 is 1.24 bits per heavy atom. The first-order valence-electron chi connectivity index (χ1n) is 9.70. The van der Waals surface area contributed by atoms with E-state index in [1.807, 2.05) is 31.2 Å². The maximum atomic E-state index is 13.8. The third kappa shape index (κ3) is 3.72. The van der Waals surface area contributed by atoms with Crippen LogP contribution in [0.15, 0.2) is 42.5 Å². The van der Waals surface area contributed by atoms with Gasteiger partial charge in [-0.05, 0) is 43.7 Å². The van der Waals surface area contributed by atoms with Crippen LogP contribution in [-0.4, -0.2) is 34.5 Å². The zero-order chi connectivity index (χ0) is 20.5. The number of aromatic nitrogens is 2. The number of fused-ring (bicyclic) bond motifs is 1. The predicted molar refractivity (Wildman–Crippen MR) is 109 cm³/mol. The molecule has 0 saturated carbocycles. The Hall–Kier alpha value is -3.22. The average Bonchev–Trinajstić information content (AvgIpc) is 3.24. The minimum absolute atomic E-state index is 0.133. The molecule has 2 heterocycles. The highest BCUT2D eigenvalue weighted by Crippen LogP contribution is 2.26. The number of anilines is 1. The minimum Gasteiger partial charge on any atom is -0.354 e. The van der Waals surface area contributed by atoms with Crippen LogP contribution >= 0.6 is 0 Å². The molecule has 3 aromatic rings. The molecule has 4 rings (SSSR count). The van der Waals surface area contributed by atoms with Crippen LogP contribution in [0.3, 0.4) is 0 Å². The van der Waals surface area contributed by atoms with Gasteiger partial charge in [0.05, 0.1) is 17.0 Å². The Morgan fingerprint density at radius 3 is 2.83 bits per heavy atom. The summed E-state index contributed by atoms with van der Waals surface area (Å²) in [6.07, 6.45) is 0.133. The number of para-hydroxylation sites is 2. The molecule has 1 fully saturated rings. The number of hydrogen-bond donors (Lipinski definition) is 1. The molecule has 1 aliphatic rings. The summed E-state index contributed by atoms with van der Waals surface area (Å²) in [5.74, 6) is -0.219. The standard InChI is InChI=1S/C22H23FN4O2/c1-14-7-8-17(12-18(14)23)27-13-16(11-21(27)28)22(29)24-9-10-26-15(2)25-19-5-3-4-6-20(19)26/h3-8,12,16H,9-11,13H2,1-2H3,(H,24,29)/t16-/m0/s1. The van der Waals surface area contributed by atoms with Crippen LogP contribution in [0.2, 0.25) is 0 Å². The quantitative estimate of drug-likeness (QED) is 0.724. The maximum absolute atomic E-state index is 13.8. The van der Waals surface area contributed by atoms with E-state index in [1.165, 1.54) is 11.0 Å². The van der Waals surface area contributed by atoms with Crippen LogP contribution in [-0.2, 0) is 16.1 Å². The number of carbonyl (C=O) groups excluding carboxylic acids is 2. The molecule has 0 aliphatic carbocycles. The molecule has 1 atom stereocenters. The van der Waals surface area contributed by atoms with Gasteiger partial charge >= 0.3 is 0 Å². The average molecular weight is 394 g/mol. The van der Waals surface area contributed by atoms with E-state index >= 15 is 0 Å². The van der Waals surface area contributed by atoms with Gasteiger partial charge in [0.15, 0.2) is 0 Å². The number of aryl methyl sites for hydroxylation is 2. The lowest BCUT2D eigenvalue weighted by Gasteiger charge is -2.17. The van der Waals surface area contributed by atoms with Crippen LogP contribution in [0.4, 0.5) is 10.1 Å². The molecule has 0 radical (unpaired) electrons. The fraction of sp³-hybridized carbons (Fsp3) is 0.318. The number of halogens is 1. The van der Waals surface area contributed by atoms with Crippen molar-refractivity contribution in [3.05, 3.63) is 59.7 Å². The fourth-order valence-corrected chi connectivity index (χ4v) is 3.80. The molecular weight excluding hydrogens is 371 g/mol. The number of benzene rings is 2. The van der Waals surface area contributed by atoms with Crippen LogP contribution in [0.25, 0.3) is 11.0 Å². The van der Waals surface area contributed by atoms with Crippen molar-refractivity contribution < 1.29 is 14.0 Å². The molecule has 150 valence electrons.